The second-order valence-corrected chi connectivity index (χ2v) is 6.98. The number of carbonyl (C=O) groups is 2. The molecule has 1 aromatic rings. The summed E-state index contributed by atoms with van der Waals surface area (Å²) in [4.78, 5) is 27.4. The van der Waals surface area contributed by atoms with Crippen molar-refractivity contribution < 1.29 is 19.8 Å². The number of likely N-dealkylation sites (N-methyl/N-ethyl adjacent to an activating group) is 1. The lowest BCUT2D eigenvalue weighted by molar-refractivity contribution is -0.143. The zero-order chi connectivity index (χ0) is 18.0. The van der Waals surface area contributed by atoms with Crippen LogP contribution in [0.1, 0.15) is 24.5 Å². The fourth-order valence-corrected chi connectivity index (χ4v) is 3.33. The molecule has 24 heavy (non-hydrogen) atoms. The van der Waals surface area contributed by atoms with Gasteiger partial charge in [0.2, 0.25) is 11.8 Å². The van der Waals surface area contributed by atoms with Gasteiger partial charge in [-0.15, -0.1) is 0 Å². The Hall–Kier alpha value is -1.34. The SMILES string of the molecule is CN(C)C(=O)[C@H]1C[C@H](O)CN1C(=O)CC(O)c1cc(Cl)cc(Cl)c1. The van der Waals surface area contributed by atoms with Gasteiger partial charge < -0.3 is 20.0 Å². The molecule has 0 bridgehead atoms. The van der Waals surface area contributed by atoms with Crippen molar-refractivity contribution in [2.75, 3.05) is 20.6 Å². The van der Waals surface area contributed by atoms with E-state index in [2.05, 4.69) is 0 Å². The maximum Gasteiger partial charge on any atom is 0.244 e. The molecule has 2 amide bonds. The van der Waals surface area contributed by atoms with Crippen molar-refractivity contribution in [3.8, 4) is 0 Å². The molecule has 0 aromatic heterocycles. The highest BCUT2D eigenvalue weighted by atomic mass is 35.5. The van der Waals surface area contributed by atoms with E-state index >= 15 is 0 Å². The number of likely N-dealkylation sites (tertiary alicyclic amines) is 1. The van der Waals surface area contributed by atoms with Gasteiger partial charge in [-0.2, -0.15) is 0 Å². The minimum atomic E-state index is -1.10. The molecule has 0 saturated carbocycles. The molecule has 0 radical (unpaired) electrons. The van der Waals surface area contributed by atoms with Gasteiger partial charge in [0, 0.05) is 37.1 Å². The fourth-order valence-electron chi connectivity index (χ4n) is 2.79. The van der Waals surface area contributed by atoms with Gasteiger partial charge in [0.05, 0.1) is 18.6 Å². The van der Waals surface area contributed by atoms with Crippen molar-refractivity contribution in [2.45, 2.75) is 31.1 Å². The molecule has 1 aromatic carbocycles. The molecule has 8 heteroatoms. The number of rotatable bonds is 4. The molecule has 132 valence electrons. The molecule has 1 aliphatic heterocycles. The molecule has 3 atom stereocenters. The monoisotopic (exact) mass is 374 g/mol. The van der Waals surface area contributed by atoms with Gasteiger partial charge in [0.25, 0.3) is 0 Å². The third-order valence-electron chi connectivity index (χ3n) is 3.96. The molecule has 6 nitrogen and oxygen atoms in total. The van der Waals surface area contributed by atoms with E-state index in [1.54, 1.807) is 14.1 Å². The van der Waals surface area contributed by atoms with Gasteiger partial charge in [0.1, 0.15) is 6.04 Å². The number of nitrogens with zero attached hydrogens (tertiary/aromatic N) is 2. The van der Waals surface area contributed by atoms with Crippen LogP contribution in [-0.2, 0) is 9.59 Å². The Kier molecular flexibility index (Phi) is 6.09. The predicted molar refractivity (Wildman–Crippen MR) is 90.9 cm³/mol. The van der Waals surface area contributed by atoms with Crippen LogP contribution in [-0.4, -0.2) is 64.6 Å². The maximum absolute atomic E-state index is 12.5. The first-order valence-electron chi connectivity index (χ1n) is 7.51. The molecule has 2 N–H and O–H groups in total. The first-order chi connectivity index (χ1) is 11.2. The van der Waals surface area contributed by atoms with Crippen LogP contribution in [0.15, 0.2) is 18.2 Å². The Morgan fingerprint density at radius 3 is 2.42 bits per heavy atom. The molecule has 1 aliphatic rings. The zero-order valence-corrected chi connectivity index (χ0v) is 15.0. The number of amides is 2. The summed E-state index contributed by atoms with van der Waals surface area (Å²) in [5, 5.41) is 20.8. The number of carbonyl (C=O) groups excluding carboxylic acids is 2. The van der Waals surface area contributed by atoms with Gasteiger partial charge in [-0.3, -0.25) is 9.59 Å². The number of aliphatic hydroxyl groups is 2. The quantitative estimate of drug-likeness (QED) is 0.835. The normalized spacial score (nSPS) is 21.7. The Morgan fingerprint density at radius 1 is 1.29 bits per heavy atom. The molecule has 1 heterocycles. The van der Waals surface area contributed by atoms with E-state index in [0.29, 0.717) is 15.6 Å². The van der Waals surface area contributed by atoms with Crippen LogP contribution in [0, 0.1) is 0 Å². The summed E-state index contributed by atoms with van der Waals surface area (Å²) < 4.78 is 0. The number of β-amino-alcohol motifs (C(OH)–C–C–N with tert-alkyl or cyclic N) is 1. The van der Waals surface area contributed by atoms with Crippen LogP contribution < -0.4 is 0 Å². The van der Waals surface area contributed by atoms with Crippen LogP contribution in [0.3, 0.4) is 0 Å². The maximum atomic E-state index is 12.5. The smallest absolute Gasteiger partial charge is 0.244 e. The Bertz CT molecular complexity index is 618. The average molecular weight is 375 g/mol. The lowest BCUT2D eigenvalue weighted by Crippen LogP contribution is -2.45. The van der Waals surface area contributed by atoms with Gasteiger partial charge >= 0.3 is 0 Å². The van der Waals surface area contributed by atoms with Gasteiger partial charge in [-0.25, -0.2) is 0 Å². The molecule has 1 fully saturated rings. The lowest BCUT2D eigenvalue weighted by atomic mass is 10.1. The molecule has 0 aliphatic carbocycles. The minimum absolute atomic E-state index is 0.0755. The summed E-state index contributed by atoms with van der Waals surface area (Å²) >= 11 is 11.8. The number of benzene rings is 1. The van der Waals surface area contributed by atoms with E-state index < -0.39 is 24.2 Å². The van der Waals surface area contributed by atoms with E-state index in [9.17, 15) is 19.8 Å². The van der Waals surface area contributed by atoms with Crippen LogP contribution in [0.2, 0.25) is 10.0 Å². The summed E-state index contributed by atoms with van der Waals surface area (Å²) in [5.74, 6) is -0.657. The van der Waals surface area contributed by atoms with Gasteiger partial charge in [0.15, 0.2) is 0 Å². The predicted octanol–water partition coefficient (Wildman–Crippen LogP) is 1.47. The summed E-state index contributed by atoms with van der Waals surface area (Å²) in [6, 6.07) is 3.89. The van der Waals surface area contributed by atoms with E-state index in [0.717, 1.165) is 0 Å². The van der Waals surface area contributed by atoms with Crippen LogP contribution in [0.5, 0.6) is 0 Å². The van der Waals surface area contributed by atoms with Crippen molar-refractivity contribution in [2.24, 2.45) is 0 Å². The van der Waals surface area contributed by atoms with Gasteiger partial charge in [-0.1, -0.05) is 23.2 Å². The topological polar surface area (TPSA) is 81.1 Å². The molecule has 0 spiro atoms. The number of hydrogen-bond donors (Lipinski definition) is 2. The van der Waals surface area contributed by atoms with E-state index in [1.165, 1.54) is 28.0 Å². The zero-order valence-electron chi connectivity index (χ0n) is 13.4. The summed E-state index contributed by atoms with van der Waals surface area (Å²) in [6.45, 7) is 0.0755. The summed E-state index contributed by atoms with van der Waals surface area (Å²) in [6.07, 6.45) is -1.87. The summed E-state index contributed by atoms with van der Waals surface area (Å²) in [5.41, 5.74) is 0.427. The van der Waals surface area contributed by atoms with E-state index in [-0.39, 0.29) is 25.3 Å². The molecule has 2 rings (SSSR count). The van der Waals surface area contributed by atoms with E-state index in [4.69, 9.17) is 23.2 Å². The second-order valence-electron chi connectivity index (χ2n) is 6.11. The number of aliphatic hydroxyl groups excluding tert-OH is 2. The Morgan fingerprint density at radius 2 is 1.88 bits per heavy atom. The van der Waals surface area contributed by atoms with Crippen molar-refractivity contribution in [3.05, 3.63) is 33.8 Å². The first kappa shape index (κ1) is 19.0. The van der Waals surface area contributed by atoms with Crippen LogP contribution >= 0.6 is 23.2 Å². The minimum Gasteiger partial charge on any atom is -0.391 e. The van der Waals surface area contributed by atoms with Gasteiger partial charge in [-0.05, 0) is 23.8 Å². The largest absolute Gasteiger partial charge is 0.391 e. The number of hydrogen-bond acceptors (Lipinski definition) is 4. The van der Waals surface area contributed by atoms with Crippen LogP contribution in [0.4, 0.5) is 0 Å². The fraction of sp³-hybridized carbons (Fsp3) is 0.500. The highest BCUT2D eigenvalue weighted by Gasteiger charge is 2.39. The van der Waals surface area contributed by atoms with Crippen molar-refractivity contribution in [1.82, 2.24) is 9.80 Å². The third kappa shape index (κ3) is 4.39. The molecular weight excluding hydrogens is 355 g/mol. The standard InChI is InChI=1S/C16H20Cl2N2O4/c1-19(2)16(24)13-6-12(21)8-20(13)15(23)7-14(22)9-3-10(17)5-11(18)4-9/h3-5,12-14,21-22H,6-8H2,1-2H3/t12-,13+,14?/m0/s1. The van der Waals surface area contributed by atoms with E-state index in [1.807, 2.05) is 0 Å². The lowest BCUT2D eigenvalue weighted by Gasteiger charge is -2.26. The highest BCUT2D eigenvalue weighted by Crippen LogP contribution is 2.27. The second kappa shape index (κ2) is 7.70. The Labute approximate surface area is 150 Å². The van der Waals surface area contributed by atoms with Crippen LogP contribution in [0.25, 0.3) is 0 Å². The molecular formula is C16H20Cl2N2O4. The number of halogens is 2. The van der Waals surface area contributed by atoms with Crippen molar-refractivity contribution >= 4 is 35.0 Å². The third-order valence-corrected chi connectivity index (χ3v) is 4.40. The molecule has 1 unspecified atom stereocenters. The first-order valence-corrected chi connectivity index (χ1v) is 8.27. The van der Waals surface area contributed by atoms with Crippen molar-refractivity contribution in [1.29, 1.82) is 0 Å². The highest BCUT2D eigenvalue weighted by molar-refractivity contribution is 6.34. The Balaban J connectivity index is 2.11. The average Bonchev–Trinajstić information content (AvgIpc) is 2.87. The van der Waals surface area contributed by atoms with Crippen molar-refractivity contribution in [3.63, 3.8) is 0 Å². The molecule has 1 saturated heterocycles. The summed E-state index contributed by atoms with van der Waals surface area (Å²) in [7, 11) is 3.19.